The Hall–Kier alpha value is -0.770. The predicted molar refractivity (Wildman–Crippen MR) is 43.6 cm³/mol. The highest BCUT2D eigenvalue weighted by atomic mass is 16.6. The third-order valence-corrected chi connectivity index (χ3v) is 0.725. The van der Waals surface area contributed by atoms with Crippen LogP contribution in [0.4, 0.5) is 4.79 Å². The molecule has 0 bridgehead atoms. The van der Waals surface area contributed by atoms with E-state index in [0.717, 1.165) is 0 Å². The number of ether oxygens (including phenoxy) is 2. The van der Waals surface area contributed by atoms with Crippen LogP contribution in [0.15, 0.2) is 0 Å². The van der Waals surface area contributed by atoms with Crippen molar-refractivity contribution in [2.24, 2.45) is 0 Å². The molecule has 1 N–H and O–H groups in total. The van der Waals surface area contributed by atoms with E-state index in [4.69, 9.17) is 0 Å². The van der Waals surface area contributed by atoms with Crippen molar-refractivity contribution in [2.45, 2.75) is 13.8 Å². The monoisotopic (exact) mass is 163 g/mol. The second kappa shape index (κ2) is 12.0. The maximum absolute atomic E-state index is 10.3. The van der Waals surface area contributed by atoms with Crippen molar-refractivity contribution >= 4 is 6.09 Å². The summed E-state index contributed by atoms with van der Waals surface area (Å²) in [7, 11) is 3.06. The summed E-state index contributed by atoms with van der Waals surface area (Å²) in [6.07, 6.45) is -0.424. The van der Waals surface area contributed by atoms with Crippen LogP contribution in [0.25, 0.3) is 0 Å². The number of amides is 1. The summed E-state index contributed by atoms with van der Waals surface area (Å²) in [4.78, 5) is 10.3. The number of carbonyl (C=O) groups is 1. The highest BCUT2D eigenvalue weighted by molar-refractivity contribution is 5.66. The van der Waals surface area contributed by atoms with Crippen LogP contribution in [0.5, 0.6) is 0 Å². The van der Waals surface area contributed by atoms with Gasteiger partial charge in [0.25, 0.3) is 0 Å². The fourth-order valence-corrected chi connectivity index (χ4v) is 0.290. The summed E-state index contributed by atoms with van der Waals surface area (Å²) in [6.45, 7) is 4.74. The van der Waals surface area contributed by atoms with Gasteiger partial charge >= 0.3 is 6.09 Å². The zero-order valence-corrected chi connectivity index (χ0v) is 7.64. The van der Waals surface area contributed by atoms with Crippen LogP contribution in [0.2, 0.25) is 0 Å². The highest BCUT2D eigenvalue weighted by Crippen LogP contribution is 1.75. The smallest absolute Gasteiger partial charge is 0.406 e. The van der Waals surface area contributed by atoms with Crippen molar-refractivity contribution in [3.8, 4) is 0 Å². The van der Waals surface area contributed by atoms with Crippen LogP contribution in [0.3, 0.4) is 0 Å². The Morgan fingerprint density at radius 1 is 1.36 bits per heavy atom. The summed E-state index contributed by atoms with van der Waals surface area (Å²) >= 11 is 0. The van der Waals surface area contributed by atoms with Gasteiger partial charge in [-0.1, -0.05) is 13.8 Å². The van der Waals surface area contributed by atoms with Crippen molar-refractivity contribution < 1.29 is 14.3 Å². The molecule has 0 aliphatic rings. The predicted octanol–water partition coefficient (Wildman–Crippen LogP) is 1.01. The van der Waals surface area contributed by atoms with Gasteiger partial charge in [-0.25, -0.2) is 4.79 Å². The minimum atomic E-state index is -0.424. The number of hydrogen-bond donors (Lipinski definition) is 1. The standard InChI is InChI=1S/C5H11NO3.C2H6/c1-6-5(7)9-4-3-8-2;1-2/h3-4H2,1-2H3,(H,6,7);1-2H3. The number of nitrogens with one attached hydrogen (secondary N) is 1. The Morgan fingerprint density at radius 2 is 1.91 bits per heavy atom. The molecule has 0 spiro atoms. The van der Waals surface area contributed by atoms with Crippen molar-refractivity contribution in [2.75, 3.05) is 27.4 Å². The molecule has 4 heteroatoms. The zero-order valence-electron chi connectivity index (χ0n) is 7.64. The number of methoxy groups -OCH3 is 1. The Balaban J connectivity index is 0. The average molecular weight is 163 g/mol. The molecular weight excluding hydrogens is 146 g/mol. The van der Waals surface area contributed by atoms with Crippen LogP contribution in [-0.4, -0.2) is 33.5 Å². The fourth-order valence-electron chi connectivity index (χ4n) is 0.290. The highest BCUT2D eigenvalue weighted by Gasteiger charge is 1.93. The van der Waals surface area contributed by atoms with Gasteiger partial charge in [-0.05, 0) is 0 Å². The molecule has 0 unspecified atom stereocenters. The first-order valence-electron chi connectivity index (χ1n) is 3.64. The molecule has 0 rings (SSSR count). The van der Waals surface area contributed by atoms with Gasteiger partial charge in [-0.15, -0.1) is 0 Å². The van der Waals surface area contributed by atoms with E-state index in [1.54, 1.807) is 7.11 Å². The molecule has 0 aromatic carbocycles. The summed E-state index contributed by atoms with van der Waals surface area (Å²) in [6, 6.07) is 0. The molecule has 11 heavy (non-hydrogen) atoms. The van der Waals surface area contributed by atoms with Gasteiger partial charge in [0.1, 0.15) is 6.61 Å². The number of carbonyl (C=O) groups excluding carboxylic acids is 1. The third-order valence-electron chi connectivity index (χ3n) is 0.725. The summed E-state index contributed by atoms with van der Waals surface area (Å²) < 4.78 is 9.19. The van der Waals surface area contributed by atoms with E-state index < -0.39 is 6.09 Å². The van der Waals surface area contributed by atoms with E-state index in [1.165, 1.54) is 7.05 Å². The lowest BCUT2D eigenvalue weighted by Gasteiger charge is -2.00. The summed E-state index contributed by atoms with van der Waals surface area (Å²) in [5.41, 5.74) is 0. The van der Waals surface area contributed by atoms with Crippen molar-refractivity contribution in [1.82, 2.24) is 5.32 Å². The Morgan fingerprint density at radius 3 is 2.27 bits per heavy atom. The van der Waals surface area contributed by atoms with Gasteiger partial charge in [0.2, 0.25) is 0 Å². The first-order valence-corrected chi connectivity index (χ1v) is 3.64. The van der Waals surface area contributed by atoms with Gasteiger partial charge in [0, 0.05) is 14.2 Å². The van der Waals surface area contributed by atoms with Crippen LogP contribution < -0.4 is 5.32 Å². The molecular formula is C7H17NO3. The summed E-state index contributed by atoms with van der Waals surface area (Å²) in [5, 5.41) is 2.31. The van der Waals surface area contributed by atoms with E-state index in [-0.39, 0.29) is 0 Å². The van der Waals surface area contributed by atoms with Crippen molar-refractivity contribution in [3.05, 3.63) is 0 Å². The zero-order chi connectivity index (χ0) is 9.11. The van der Waals surface area contributed by atoms with E-state index in [1.807, 2.05) is 13.8 Å². The minimum absolute atomic E-state index is 0.302. The lowest BCUT2D eigenvalue weighted by molar-refractivity contribution is 0.0998. The van der Waals surface area contributed by atoms with E-state index in [9.17, 15) is 4.79 Å². The molecule has 4 nitrogen and oxygen atoms in total. The van der Waals surface area contributed by atoms with Crippen LogP contribution >= 0.6 is 0 Å². The second-order valence-corrected chi connectivity index (χ2v) is 1.38. The average Bonchev–Trinajstić information content (AvgIpc) is 2.08. The third kappa shape index (κ3) is 12.4. The Labute approximate surface area is 67.9 Å². The maximum atomic E-state index is 10.3. The molecule has 68 valence electrons. The van der Waals surface area contributed by atoms with Crippen molar-refractivity contribution in [3.63, 3.8) is 0 Å². The number of alkyl carbamates (subject to hydrolysis) is 1. The molecule has 0 aromatic rings. The maximum Gasteiger partial charge on any atom is 0.406 e. The molecule has 1 amide bonds. The second-order valence-electron chi connectivity index (χ2n) is 1.38. The van der Waals surface area contributed by atoms with Gasteiger partial charge in [-0.2, -0.15) is 0 Å². The van der Waals surface area contributed by atoms with Gasteiger partial charge in [0.05, 0.1) is 6.61 Å². The quantitative estimate of drug-likeness (QED) is 0.632. The molecule has 0 heterocycles. The molecule has 0 saturated heterocycles. The molecule has 0 saturated carbocycles. The molecule has 0 radical (unpaired) electrons. The Kier molecular flexibility index (Phi) is 14.0. The lowest BCUT2D eigenvalue weighted by atomic mass is 10.8. The van der Waals surface area contributed by atoms with E-state index >= 15 is 0 Å². The van der Waals surface area contributed by atoms with Crippen molar-refractivity contribution in [1.29, 1.82) is 0 Å². The van der Waals surface area contributed by atoms with E-state index in [0.29, 0.717) is 13.2 Å². The molecule has 0 fully saturated rings. The van der Waals surface area contributed by atoms with Crippen LogP contribution in [-0.2, 0) is 9.47 Å². The lowest BCUT2D eigenvalue weighted by Crippen LogP contribution is -2.20. The first kappa shape index (κ1) is 12.9. The SMILES string of the molecule is CC.CNC(=O)OCCOC. The van der Waals surface area contributed by atoms with Gasteiger partial charge in [0.15, 0.2) is 0 Å². The number of hydrogen-bond acceptors (Lipinski definition) is 3. The molecule has 0 aliphatic heterocycles. The summed E-state index contributed by atoms with van der Waals surface area (Å²) in [5.74, 6) is 0. The fraction of sp³-hybridized carbons (Fsp3) is 0.857. The largest absolute Gasteiger partial charge is 0.447 e. The van der Waals surface area contributed by atoms with Gasteiger partial charge < -0.3 is 14.8 Å². The number of rotatable bonds is 3. The topological polar surface area (TPSA) is 47.6 Å². The van der Waals surface area contributed by atoms with E-state index in [2.05, 4.69) is 14.8 Å². The van der Waals surface area contributed by atoms with Crippen LogP contribution in [0, 0.1) is 0 Å². The molecule has 0 atom stereocenters. The first-order chi connectivity index (χ1) is 5.31. The molecule has 0 aliphatic carbocycles. The normalized spacial score (nSPS) is 7.64. The van der Waals surface area contributed by atoms with Gasteiger partial charge in [-0.3, -0.25) is 0 Å². The Bertz CT molecular complexity index is 85.8. The minimum Gasteiger partial charge on any atom is -0.447 e. The van der Waals surface area contributed by atoms with Crippen LogP contribution in [0.1, 0.15) is 13.8 Å². The molecule has 0 aromatic heterocycles.